The van der Waals surface area contributed by atoms with E-state index in [0.717, 1.165) is 6.07 Å². The van der Waals surface area contributed by atoms with E-state index in [1.165, 1.54) is 17.0 Å². The molecule has 1 fully saturated rings. The molecule has 0 aliphatic carbocycles. The van der Waals surface area contributed by atoms with Gasteiger partial charge in [0, 0.05) is 11.6 Å². The molecular formula is C12H11ClFNO4. The molecule has 0 bridgehead atoms. The van der Waals surface area contributed by atoms with Gasteiger partial charge in [0.2, 0.25) is 0 Å². The molecule has 2 rings (SSSR count). The van der Waals surface area contributed by atoms with Crippen molar-refractivity contribution in [1.82, 2.24) is 4.90 Å². The van der Waals surface area contributed by atoms with Crippen LogP contribution >= 0.6 is 11.6 Å². The molecule has 0 saturated carbocycles. The molecule has 1 aromatic rings. The van der Waals surface area contributed by atoms with E-state index in [-0.39, 0.29) is 30.3 Å². The summed E-state index contributed by atoms with van der Waals surface area (Å²) >= 11 is 5.61. The maximum absolute atomic E-state index is 13.6. The number of carbonyl (C=O) groups excluding carboxylic acids is 1. The number of rotatable bonds is 2. The van der Waals surface area contributed by atoms with Crippen LogP contribution in [-0.2, 0) is 9.53 Å². The second kappa shape index (κ2) is 5.54. The van der Waals surface area contributed by atoms with E-state index < -0.39 is 23.8 Å². The SMILES string of the molecule is O=C(O)[C@@H]1CN(C(=O)c2ccc(Cl)cc2F)CCO1. The summed E-state index contributed by atoms with van der Waals surface area (Å²) < 4.78 is 18.6. The van der Waals surface area contributed by atoms with E-state index in [1.807, 2.05) is 0 Å². The Labute approximate surface area is 113 Å². The molecule has 0 aromatic heterocycles. The Morgan fingerprint density at radius 1 is 1.47 bits per heavy atom. The van der Waals surface area contributed by atoms with Crippen molar-refractivity contribution in [3.05, 3.63) is 34.6 Å². The molecule has 0 spiro atoms. The average Bonchev–Trinajstić information content (AvgIpc) is 2.38. The third-order valence-corrected chi connectivity index (χ3v) is 3.03. The Kier molecular flexibility index (Phi) is 4.01. The highest BCUT2D eigenvalue weighted by molar-refractivity contribution is 6.30. The maximum atomic E-state index is 13.6. The van der Waals surface area contributed by atoms with Crippen LogP contribution in [0.15, 0.2) is 18.2 Å². The van der Waals surface area contributed by atoms with E-state index in [0.29, 0.717) is 0 Å². The smallest absolute Gasteiger partial charge is 0.334 e. The van der Waals surface area contributed by atoms with Gasteiger partial charge in [0.25, 0.3) is 5.91 Å². The van der Waals surface area contributed by atoms with Crippen LogP contribution in [0.1, 0.15) is 10.4 Å². The van der Waals surface area contributed by atoms with Crippen LogP contribution < -0.4 is 0 Å². The minimum Gasteiger partial charge on any atom is -0.479 e. The number of morpholine rings is 1. The van der Waals surface area contributed by atoms with Crippen LogP contribution in [0, 0.1) is 5.82 Å². The summed E-state index contributed by atoms with van der Waals surface area (Å²) in [5.74, 6) is -2.44. The second-order valence-electron chi connectivity index (χ2n) is 4.07. The molecule has 102 valence electrons. The first-order valence-corrected chi connectivity index (χ1v) is 5.95. The lowest BCUT2D eigenvalue weighted by molar-refractivity contribution is -0.154. The molecule has 7 heteroatoms. The van der Waals surface area contributed by atoms with Gasteiger partial charge >= 0.3 is 5.97 Å². The topological polar surface area (TPSA) is 66.8 Å². The number of hydrogen-bond donors (Lipinski definition) is 1. The standard InChI is InChI=1S/C12H11ClFNO4/c13-7-1-2-8(9(14)5-7)11(16)15-3-4-19-10(6-15)12(17)18/h1-2,5,10H,3-4,6H2,(H,17,18)/t10-/m0/s1. The summed E-state index contributed by atoms with van der Waals surface area (Å²) in [5, 5.41) is 9.04. The summed E-state index contributed by atoms with van der Waals surface area (Å²) in [6, 6.07) is 3.74. The Morgan fingerprint density at radius 2 is 2.21 bits per heavy atom. The van der Waals surface area contributed by atoms with Crippen LogP contribution in [-0.4, -0.2) is 47.7 Å². The molecule has 1 aliphatic rings. The normalized spacial score (nSPS) is 19.3. The molecule has 1 N–H and O–H groups in total. The van der Waals surface area contributed by atoms with Crippen LogP contribution in [0.3, 0.4) is 0 Å². The number of benzene rings is 1. The largest absolute Gasteiger partial charge is 0.479 e. The predicted molar refractivity (Wildman–Crippen MR) is 64.7 cm³/mol. The van der Waals surface area contributed by atoms with Crippen molar-refractivity contribution in [2.75, 3.05) is 19.7 Å². The first-order chi connectivity index (χ1) is 8.99. The van der Waals surface area contributed by atoms with E-state index >= 15 is 0 Å². The summed E-state index contributed by atoms with van der Waals surface area (Å²) in [4.78, 5) is 24.2. The lowest BCUT2D eigenvalue weighted by Gasteiger charge is -2.31. The van der Waals surface area contributed by atoms with E-state index in [1.54, 1.807) is 0 Å². The fourth-order valence-electron chi connectivity index (χ4n) is 1.82. The number of halogens is 2. The van der Waals surface area contributed by atoms with E-state index in [4.69, 9.17) is 21.4 Å². The van der Waals surface area contributed by atoms with E-state index in [9.17, 15) is 14.0 Å². The molecule has 1 atom stereocenters. The molecule has 5 nitrogen and oxygen atoms in total. The van der Waals surface area contributed by atoms with Crippen molar-refractivity contribution in [2.45, 2.75) is 6.10 Å². The van der Waals surface area contributed by atoms with Crippen LogP contribution in [0.4, 0.5) is 4.39 Å². The third-order valence-electron chi connectivity index (χ3n) is 2.79. The number of nitrogens with zero attached hydrogens (tertiary/aromatic N) is 1. The van der Waals surface area contributed by atoms with Gasteiger partial charge in [-0.3, -0.25) is 4.79 Å². The average molecular weight is 288 g/mol. The molecular weight excluding hydrogens is 277 g/mol. The maximum Gasteiger partial charge on any atom is 0.334 e. The second-order valence-corrected chi connectivity index (χ2v) is 4.51. The van der Waals surface area contributed by atoms with E-state index in [2.05, 4.69) is 0 Å². The number of ether oxygens (including phenoxy) is 1. The van der Waals surface area contributed by atoms with Gasteiger partial charge in [0.15, 0.2) is 6.10 Å². The number of carbonyl (C=O) groups is 2. The van der Waals surface area contributed by atoms with Crippen LogP contribution in [0.2, 0.25) is 5.02 Å². The molecule has 1 aromatic carbocycles. The minimum absolute atomic E-state index is 0.101. The van der Waals surface area contributed by atoms with Gasteiger partial charge in [-0.1, -0.05) is 11.6 Å². The Bertz CT molecular complexity index is 522. The van der Waals surface area contributed by atoms with Crippen molar-refractivity contribution in [3.63, 3.8) is 0 Å². The molecule has 1 saturated heterocycles. The molecule has 1 heterocycles. The first kappa shape index (κ1) is 13.8. The lowest BCUT2D eigenvalue weighted by atomic mass is 10.1. The molecule has 0 unspecified atom stereocenters. The number of amides is 1. The van der Waals surface area contributed by atoms with Crippen LogP contribution in [0.5, 0.6) is 0 Å². The fourth-order valence-corrected chi connectivity index (χ4v) is 1.98. The molecule has 1 aliphatic heterocycles. The fraction of sp³-hybridized carbons (Fsp3) is 0.333. The summed E-state index contributed by atoms with van der Waals surface area (Å²) in [6.07, 6.45) is -1.08. The highest BCUT2D eigenvalue weighted by atomic mass is 35.5. The number of hydrogen-bond acceptors (Lipinski definition) is 3. The number of carboxylic acid groups (broad SMARTS) is 1. The lowest BCUT2D eigenvalue weighted by Crippen LogP contribution is -2.48. The van der Waals surface area contributed by atoms with Crippen LogP contribution in [0.25, 0.3) is 0 Å². The Hall–Kier alpha value is -1.66. The Balaban J connectivity index is 2.17. The van der Waals surface area contributed by atoms with Gasteiger partial charge in [-0.05, 0) is 18.2 Å². The molecule has 19 heavy (non-hydrogen) atoms. The highest BCUT2D eigenvalue weighted by Gasteiger charge is 2.30. The summed E-state index contributed by atoms with van der Waals surface area (Å²) in [5.41, 5.74) is -0.129. The summed E-state index contributed by atoms with van der Waals surface area (Å²) in [7, 11) is 0. The van der Waals surface area contributed by atoms with Crippen molar-refractivity contribution in [3.8, 4) is 0 Å². The number of carboxylic acids is 1. The Morgan fingerprint density at radius 3 is 2.84 bits per heavy atom. The van der Waals surface area contributed by atoms with Gasteiger partial charge in [-0.2, -0.15) is 0 Å². The minimum atomic E-state index is -1.14. The zero-order chi connectivity index (χ0) is 14.0. The number of aliphatic carboxylic acids is 1. The van der Waals surface area contributed by atoms with Crippen molar-refractivity contribution >= 4 is 23.5 Å². The van der Waals surface area contributed by atoms with Gasteiger partial charge in [0.1, 0.15) is 5.82 Å². The predicted octanol–water partition coefficient (Wildman–Crippen LogP) is 1.40. The summed E-state index contributed by atoms with van der Waals surface area (Å²) in [6.45, 7) is 0.235. The zero-order valence-electron chi connectivity index (χ0n) is 9.81. The monoisotopic (exact) mass is 287 g/mol. The van der Waals surface area contributed by atoms with Gasteiger partial charge < -0.3 is 14.7 Å². The molecule has 1 amide bonds. The molecule has 0 radical (unpaired) electrons. The van der Waals surface area contributed by atoms with Gasteiger partial charge in [0.05, 0.1) is 18.7 Å². The van der Waals surface area contributed by atoms with Crippen molar-refractivity contribution < 1.29 is 23.8 Å². The third kappa shape index (κ3) is 3.02. The quantitative estimate of drug-likeness (QED) is 0.893. The van der Waals surface area contributed by atoms with Crippen molar-refractivity contribution in [1.29, 1.82) is 0 Å². The van der Waals surface area contributed by atoms with Gasteiger partial charge in [-0.15, -0.1) is 0 Å². The van der Waals surface area contributed by atoms with Crippen molar-refractivity contribution in [2.24, 2.45) is 0 Å². The zero-order valence-corrected chi connectivity index (χ0v) is 10.6. The van der Waals surface area contributed by atoms with Gasteiger partial charge in [-0.25, -0.2) is 9.18 Å². The highest BCUT2D eigenvalue weighted by Crippen LogP contribution is 2.17. The first-order valence-electron chi connectivity index (χ1n) is 5.58.